The van der Waals surface area contributed by atoms with Crippen molar-refractivity contribution in [2.45, 2.75) is 31.2 Å². The number of allylic oxidation sites excluding steroid dienone is 2. The summed E-state index contributed by atoms with van der Waals surface area (Å²) in [5.74, 6) is 0.296. The number of thiophene rings is 1. The molecule has 0 saturated heterocycles. The number of para-hydroxylation sites is 3. The fourth-order valence-electron chi connectivity index (χ4n) is 9.23. The van der Waals surface area contributed by atoms with Crippen molar-refractivity contribution in [3.05, 3.63) is 162 Å². The molecule has 0 amide bonds. The maximum atomic E-state index is 6.55. The van der Waals surface area contributed by atoms with E-state index >= 15 is 0 Å². The number of nitrogens with zero attached hydrogens (tertiary/aromatic N) is 1. The van der Waals surface area contributed by atoms with E-state index in [0.29, 0.717) is 5.92 Å². The van der Waals surface area contributed by atoms with Crippen LogP contribution in [0.1, 0.15) is 36.5 Å². The molecule has 0 radical (unpaired) electrons. The van der Waals surface area contributed by atoms with Gasteiger partial charge < -0.3 is 9.32 Å². The normalized spacial score (nSPS) is 19.0. The van der Waals surface area contributed by atoms with E-state index in [4.69, 9.17) is 4.42 Å². The SMILES string of the molecule is CC1(C)C2=C(C=CC3c4ccccc4N(c4ccc5sc6cccc(-c7cccc8c7oc7ccccc78)c6c5c4)C23)c2ccccc21. The van der Waals surface area contributed by atoms with Gasteiger partial charge in [0.15, 0.2) is 0 Å². The van der Waals surface area contributed by atoms with Crippen LogP contribution in [0.4, 0.5) is 11.4 Å². The first-order chi connectivity index (χ1) is 23.6. The molecular weight excluding hydrogens is 603 g/mol. The van der Waals surface area contributed by atoms with Crippen LogP contribution < -0.4 is 4.90 Å². The molecule has 0 bridgehead atoms. The monoisotopic (exact) mass is 633 g/mol. The minimum atomic E-state index is -0.0719. The van der Waals surface area contributed by atoms with Crippen molar-refractivity contribution in [3.8, 4) is 11.1 Å². The third-order valence-corrected chi connectivity index (χ3v) is 12.4. The Bertz CT molecular complexity index is 2740. The Morgan fingerprint density at radius 1 is 0.667 bits per heavy atom. The predicted molar refractivity (Wildman–Crippen MR) is 203 cm³/mol. The van der Waals surface area contributed by atoms with Gasteiger partial charge in [-0.15, -0.1) is 11.3 Å². The number of anilines is 2. The quantitative estimate of drug-likeness (QED) is 0.188. The van der Waals surface area contributed by atoms with Gasteiger partial charge >= 0.3 is 0 Å². The summed E-state index contributed by atoms with van der Waals surface area (Å²) in [5.41, 5.74) is 13.9. The van der Waals surface area contributed by atoms with Gasteiger partial charge in [0.05, 0.1) is 6.04 Å². The molecule has 0 spiro atoms. The fourth-order valence-corrected chi connectivity index (χ4v) is 10.3. The molecule has 2 nitrogen and oxygen atoms in total. The summed E-state index contributed by atoms with van der Waals surface area (Å²) in [6.45, 7) is 4.85. The summed E-state index contributed by atoms with van der Waals surface area (Å²) in [7, 11) is 0. The topological polar surface area (TPSA) is 16.4 Å². The molecule has 0 saturated carbocycles. The minimum Gasteiger partial charge on any atom is -0.455 e. The van der Waals surface area contributed by atoms with Gasteiger partial charge in [0, 0.05) is 59.2 Å². The lowest BCUT2D eigenvalue weighted by Crippen LogP contribution is -2.38. The van der Waals surface area contributed by atoms with E-state index in [1.54, 1.807) is 0 Å². The molecule has 6 aromatic carbocycles. The minimum absolute atomic E-state index is 0.0719. The second-order valence-electron chi connectivity index (χ2n) is 14.0. The Labute approximate surface area is 282 Å². The molecule has 3 aliphatic rings. The second kappa shape index (κ2) is 9.37. The number of fused-ring (bicyclic) bond motifs is 12. The summed E-state index contributed by atoms with van der Waals surface area (Å²) in [5, 5.41) is 4.92. The lowest BCUT2D eigenvalue weighted by Gasteiger charge is -2.39. The molecule has 0 fully saturated rings. The summed E-state index contributed by atoms with van der Waals surface area (Å²) in [6.07, 6.45) is 4.87. The van der Waals surface area contributed by atoms with E-state index < -0.39 is 0 Å². The molecule has 2 aromatic heterocycles. The molecule has 2 aliphatic carbocycles. The summed E-state index contributed by atoms with van der Waals surface area (Å²) in [6, 6.07) is 47.1. The van der Waals surface area contributed by atoms with Crippen molar-refractivity contribution in [1.82, 2.24) is 0 Å². The second-order valence-corrected chi connectivity index (χ2v) is 15.1. The molecule has 8 aromatic rings. The molecule has 0 N–H and O–H groups in total. The van der Waals surface area contributed by atoms with Gasteiger partial charge in [-0.1, -0.05) is 117 Å². The summed E-state index contributed by atoms with van der Waals surface area (Å²) in [4.78, 5) is 2.65. The first kappa shape index (κ1) is 26.7. The van der Waals surface area contributed by atoms with E-state index in [1.165, 1.54) is 64.9 Å². The number of rotatable bonds is 2. The van der Waals surface area contributed by atoms with Crippen LogP contribution in [0.3, 0.4) is 0 Å². The van der Waals surface area contributed by atoms with Gasteiger partial charge in [-0.25, -0.2) is 0 Å². The Morgan fingerprint density at radius 3 is 2.40 bits per heavy atom. The fraction of sp³-hybridized carbons (Fsp3) is 0.111. The number of benzene rings is 6. The molecule has 11 rings (SSSR count). The Hall–Kier alpha value is -5.38. The van der Waals surface area contributed by atoms with Gasteiger partial charge in [-0.05, 0) is 69.8 Å². The van der Waals surface area contributed by atoms with Gasteiger partial charge in [0.2, 0.25) is 0 Å². The zero-order valence-electron chi connectivity index (χ0n) is 26.7. The van der Waals surface area contributed by atoms with E-state index in [2.05, 4.69) is 152 Å². The van der Waals surface area contributed by atoms with Crippen LogP contribution in [0.15, 0.2) is 150 Å². The zero-order chi connectivity index (χ0) is 31.7. The molecular formula is C45H31NOS. The van der Waals surface area contributed by atoms with Crippen LogP contribution in [-0.2, 0) is 5.41 Å². The van der Waals surface area contributed by atoms with Crippen LogP contribution in [0.5, 0.6) is 0 Å². The number of furan rings is 1. The zero-order valence-corrected chi connectivity index (χ0v) is 27.5. The van der Waals surface area contributed by atoms with Gasteiger partial charge in [-0.2, -0.15) is 0 Å². The molecule has 3 heterocycles. The van der Waals surface area contributed by atoms with Gasteiger partial charge in [-0.3, -0.25) is 0 Å². The largest absolute Gasteiger partial charge is 0.455 e. The van der Waals surface area contributed by atoms with E-state index in [1.807, 2.05) is 17.4 Å². The highest BCUT2D eigenvalue weighted by atomic mass is 32.1. The predicted octanol–water partition coefficient (Wildman–Crippen LogP) is 12.5. The van der Waals surface area contributed by atoms with Crippen molar-refractivity contribution in [1.29, 1.82) is 0 Å². The van der Waals surface area contributed by atoms with E-state index in [0.717, 1.165) is 27.5 Å². The molecule has 2 atom stereocenters. The maximum Gasteiger partial charge on any atom is 0.143 e. The average molecular weight is 634 g/mol. The average Bonchev–Trinajstić information content (AvgIpc) is 3.85. The van der Waals surface area contributed by atoms with Crippen LogP contribution in [0.2, 0.25) is 0 Å². The smallest absolute Gasteiger partial charge is 0.143 e. The highest BCUT2D eigenvalue weighted by Crippen LogP contribution is 2.59. The van der Waals surface area contributed by atoms with Gasteiger partial charge in [0.1, 0.15) is 11.2 Å². The molecule has 1 aliphatic heterocycles. The van der Waals surface area contributed by atoms with Crippen LogP contribution in [0.25, 0.3) is 58.8 Å². The Morgan fingerprint density at radius 2 is 1.44 bits per heavy atom. The van der Waals surface area contributed by atoms with Crippen LogP contribution in [-0.4, -0.2) is 6.04 Å². The van der Waals surface area contributed by atoms with Crippen LogP contribution in [0, 0.1) is 0 Å². The van der Waals surface area contributed by atoms with Crippen molar-refractivity contribution >= 4 is 70.4 Å². The molecule has 48 heavy (non-hydrogen) atoms. The first-order valence-corrected chi connectivity index (χ1v) is 17.7. The standard InChI is InChI=1S/C45H31NOS/c1-45(2)36-17-6-3-11-27(36)31-22-23-32-28-12-4-7-18-37(28)46(43(32)42(31)45)26-21-24-39-35(25-26)41-30(14-10-20-40(41)48-39)34-16-9-15-33-29-13-5-8-19-38(29)47-44(33)34/h3-25,32,43H,1-2H3. The molecule has 228 valence electrons. The lowest BCUT2D eigenvalue weighted by atomic mass is 9.73. The van der Waals surface area contributed by atoms with Crippen molar-refractivity contribution in [2.24, 2.45) is 0 Å². The highest BCUT2D eigenvalue weighted by Gasteiger charge is 2.50. The maximum absolute atomic E-state index is 6.55. The number of hydrogen-bond acceptors (Lipinski definition) is 3. The van der Waals surface area contributed by atoms with Crippen LogP contribution >= 0.6 is 11.3 Å². The van der Waals surface area contributed by atoms with E-state index in [9.17, 15) is 0 Å². The first-order valence-electron chi connectivity index (χ1n) is 16.8. The highest BCUT2D eigenvalue weighted by molar-refractivity contribution is 7.26. The Kier molecular flexibility index (Phi) is 5.20. The molecule has 3 heteroatoms. The summed E-state index contributed by atoms with van der Waals surface area (Å²) < 4.78 is 9.15. The van der Waals surface area contributed by atoms with Gasteiger partial charge in [0.25, 0.3) is 0 Å². The Balaban J connectivity index is 1.14. The third kappa shape index (κ3) is 3.37. The third-order valence-electron chi connectivity index (χ3n) is 11.2. The lowest BCUT2D eigenvalue weighted by molar-refractivity contribution is 0.552. The number of hydrogen-bond donors (Lipinski definition) is 0. The summed E-state index contributed by atoms with van der Waals surface area (Å²) >= 11 is 1.88. The molecule has 2 unspecified atom stereocenters. The van der Waals surface area contributed by atoms with E-state index in [-0.39, 0.29) is 11.5 Å². The van der Waals surface area contributed by atoms with Crippen molar-refractivity contribution in [3.63, 3.8) is 0 Å². The van der Waals surface area contributed by atoms with Crippen molar-refractivity contribution in [2.75, 3.05) is 4.90 Å². The van der Waals surface area contributed by atoms with Crippen molar-refractivity contribution < 1.29 is 4.42 Å².